The first-order chi connectivity index (χ1) is 8.31. The van der Waals surface area contributed by atoms with E-state index in [2.05, 4.69) is 15.3 Å². The highest BCUT2D eigenvalue weighted by Gasteiger charge is 2.04. The van der Waals surface area contributed by atoms with Crippen molar-refractivity contribution in [3.8, 4) is 0 Å². The van der Waals surface area contributed by atoms with Gasteiger partial charge in [0.05, 0.1) is 22.1 Å². The summed E-state index contributed by atoms with van der Waals surface area (Å²) in [4.78, 5) is 8.31. The molecule has 0 radical (unpaired) electrons. The molecule has 0 aliphatic carbocycles. The molecule has 0 atom stereocenters. The van der Waals surface area contributed by atoms with Crippen LogP contribution >= 0.6 is 11.3 Å². The second-order valence-electron chi connectivity index (χ2n) is 3.50. The molecule has 0 unspecified atom stereocenters. The molecule has 1 N–H and O–H groups in total. The van der Waals surface area contributed by atoms with Crippen LogP contribution in [-0.4, -0.2) is 9.97 Å². The molecule has 0 fully saturated rings. The lowest BCUT2D eigenvalue weighted by molar-refractivity contribution is 0.629. The number of fused-ring (bicyclic) bond motifs is 1. The summed E-state index contributed by atoms with van der Waals surface area (Å²) >= 11 is 1.48. The van der Waals surface area contributed by atoms with Gasteiger partial charge in [-0.05, 0) is 24.3 Å². The van der Waals surface area contributed by atoms with E-state index in [1.165, 1.54) is 23.5 Å². The molecule has 5 heteroatoms. The molecular weight excluding hydrogens is 237 g/mol. The third-order valence-corrected chi connectivity index (χ3v) is 3.21. The summed E-state index contributed by atoms with van der Waals surface area (Å²) in [6.45, 7) is 0. The predicted octanol–water partition coefficient (Wildman–Crippen LogP) is 3.57. The van der Waals surface area contributed by atoms with Crippen LogP contribution in [0.15, 0.2) is 42.7 Å². The Hall–Kier alpha value is -2.01. The van der Waals surface area contributed by atoms with Crippen molar-refractivity contribution in [1.82, 2.24) is 9.97 Å². The summed E-state index contributed by atoms with van der Waals surface area (Å²) < 4.78 is 14.0. The van der Waals surface area contributed by atoms with Crippen molar-refractivity contribution >= 4 is 32.4 Å². The van der Waals surface area contributed by atoms with E-state index >= 15 is 0 Å². The van der Waals surface area contributed by atoms with Crippen LogP contribution in [0, 0.1) is 5.82 Å². The van der Waals surface area contributed by atoms with E-state index in [9.17, 15) is 4.39 Å². The number of hydrogen-bond acceptors (Lipinski definition) is 4. The van der Waals surface area contributed by atoms with Gasteiger partial charge in [0.15, 0.2) is 5.13 Å². The summed E-state index contributed by atoms with van der Waals surface area (Å²) in [5.74, 6) is -0.268. The number of aromatic nitrogens is 2. The molecule has 0 saturated carbocycles. The lowest BCUT2D eigenvalue weighted by Crippen LogP contribution is -1.88. The van der Waals surface area contributed by atoms with Crippen LogP contribution < -0.4 is 5.32 Å². The van der Waals surface area contributed by atoms with Gasteiger partial charge in [0, 0.05) is 12.3 Å². The Labute approximate surface area is 101 Å². The fraction of sp³-hybridized carbons (Fsp3) is 0. The summed E-state index contributed by atoms with van der Waals surface area (Å²) in [5.41, 5.74) is 1.54. The largest absolute Gasteiger partial charge is 0.330 e. The van der Waals surface area contributed by atoms with Crippen LogP contribution in [0.2, 0.25) is 0 Å². The summed E-state index contributed by atoms with van der Waals surface area (Å²) in [6, 6.07) is 8.35. The van der Waals surface area contributed by atoms with Crippen LogP contribution in [0.3, 0.4) is 0 Å². The number of hydrogen-bond donors (Lipinski definition) is 1. The van der Waals surface area contributed by atoms with Crippen LogP contribution in [0.25, 0.3) is 10.2 Å². The number of anilines is 2. The van der Waals surface area contributed by atoms with Gasteiger partial charge < -0.3 is 5.32 Å². The average molecular weight is 245 g/mol. The van der Waals surface area contributed by atoms with Crippen LogP contribution in [-0.2, 0) is 0 Å². The molecule has 84 valence electrons. The van der Waals surface area contributed by atoms with E-state index < -0.39 is 0 Å². The smallest absolute Gasteiger partial charge is 0.188 e. The highest BCUT2D eigenvalue weighted by atomic mass is 32.1. The van der Waals surface area contributed by atoms with Crippen molar-refractivity contribution < 1.29 is 4.39 Å². The first-order valence-corrected chi connectivity index (χ1v) is 5.86. The zero-order valence-electron chi connectivity index (χ0n) is 8.72. The lowest BCUT2D eigenvalue weighted by atomic mass is 10.3. The van der Waals surface area contributed by atoms with Crippen molar-refractivity contribution in [2.45, 2.75) is 0 Å². The van der Waals surface area contributed by atoms with E-state index in [4.69, 9.17) is 0 Å². The van der Waals surface area contributed by atoms with Crippen LogP contribution in [0.1, 0.15) is 0 Å². The number of halogens is 1. The molecule has 3 nitrogen and oxygen atoms in total. The van der Waals surface area contributed by atoms with Crippen molar-refractivity contribution in [1.29, 1.82) is 0 Å². The third kappa shape index (κ3) is 2.09. The van der Waals surface area contributed by atoms with E-state index in [1.54, 1.807) is 18.5 Å². The molecule has 17 heavy (non-hydrogen) atoms. The monoisotopic (exact) mass is 245 g/mol. The maximum atomic E-state index is 13.0. The van der Waals surface area contributed by atoms with Gasteiger partial charge in [-0.3, -0.25) is 4.98 Å². The fourth-order valence-corrected chi connectivity index (χ4v) is 2.38. The minimum atomic E-state index is -0.268. The summed E-state index contributed by atoms with van der Waals surface area (Å²) in [7, 11) is 0. The number of rotatable bonds is 2. The van der Waals surface area contributed by atoms with Gasteiger partial charge >= 0.3 is 0 Å². The minimum absolute atomic E-state index is 0.268. The van der Waals surface area contributed by atoms with Crippen molar-refractivity contribution in [2.75, 3.05) is 5.32 Å². The van der Waals surface area contributed by atoms with E-state index in [0.717, 1.165) is 15.5 Å². The topological polar surface area (TPSA) is 37.8 Å². The number of nitrogens with zero attached hydrogens (tertiary/aromatic N) is 2. The number of pyridine rings is 1. The van der Waals surface area contributed by atoms with Crippen molar-refractivity contribution in [3.05, 3.63) is 48.5 Å². The maximum absolute atomic E-state index is 13.0. The van der Waals surface area contributed by atoms with E-state index in [1.807, 2.05) is 12.1 Å². The quantitative estimate of drug-likeness (QED) is 0.750. The molecule has 0 bridgehead atoms. The second kappa shape index (κ2) is 4.10. The van der Waals surface area contributed by atoms with E-state index in [0.29, 0.717) is 5.52 Å². The molecule has 2 heterocycles. The molecular formula is C12H8FN3S. The maximum Gasteiger partial charge on any atom is 0.188 e. The minimum Gasteiger partial charge on any atom is -0.330 e. The molecule has 0 spiro atoms. The third-order valence-electron chi connectivity index (χ3n) is 2.26. The molecule has 0 aliphatic rings. The SMILES string of the molecule is Fc1ccc2sc(Nc3cccnc3)nc2c1. The van der Waals surface area contributed by atoms with Gasteiger partial charge in [0.2, 0.25) is 0 Å². The number of nitrogens with one attached hydrogen (secondary N) is 1. The van der Waals surface area contributed by atoms with Crippen LogP contribution in [0.4, 0.5) is 15.2 Å². The predicted molar refractivity (Wildman–Crippen MR) is 67.1 cm³/mol. The lowest BCUT2D eigenvalue weighted by Gasteiger charge is -1.99. The molecule has 0 saturated heterocycles. The van der Waals surface area contributed by atoms with Gasteiger partial charge in [0.25, 0.3) is 0 Å². The Kier molecular flexibility index (Phi) is 2.45. The first kappa shape index (κ1) is 10.2. The molecule has 2 aromatic heterocycles. The Balaban J connectivity index is 1.96. The molecule has 0 amide bonds. The van der Waals surface area contributed by atoms with Crippen LogP contribution in [0.5, 0.6) is 0 Å². The average Bonchev–Trinajstić information content (AvgIpc) is 2.71. The zero-order chi connectivity index (χ0) is 11.7. The molecule has 0 aliphatic heterocycles. The van der Waals surface area contributed by atoms with E-state index in [-0.39, 0.29) is 5.82 Å². The normalized spacial score (nSPS) is 10.6. The highest BCUT2D eigenvalue weighted by molar-refractivity contribution is 7.22. The molecule has 3 rings (SSSR count). The van der Waals surface area contributed by atoms with Gasteiger partial charge in [-0.1, -0.05) is 11.3 Å². The fourth-order valence-electron chi connectivity index (χ4n) is 1.51. The van der Waals surface area contributed by atoms with Gasteiger partial charge in [-0.15, -0.1) is 0 Å². The Morgan fingerprint density at radius 2 is 2.18 bits per heavy atom. The van der Waals surface area contributed by atoms with Crippen molar-refractivity contribution in [2.24, 2.45) is 0 Å². The zero-order valence-corrected chi connectivity index (χ0v) is 9.54. The van der Waals surface area contributed by atoms with Gasteiger partial charge in [0.1, 0.15) is 5.82 Å². The molecule has 3 aromatic rings. The van der Waals surface area contributed by atoms with Crippen molar-refractivity contribution in [3.63, 3.8) is 0 Å². The number of thiazole rings is 1. The second-order valence-corrected chi connectivity index (χ2v) is 4.53. The van der Waals surface area contributed by atoms with Gasteiger partial charge in [-0.2, -0.15) is 0 Å². The molecule has 1 aromatic carbocycles. The van der Waals surface area contributed by atoms with Gasteiger partial charge in [-0.25, -0.2) is 9.37 Å². The Morgan fingerprint density at radius 3 is 3.00 bits per heavy atom. The Morgan fingerprint density at radius 1 is 1.24 bits per heavy atom. The Bertz CT molecular complexity index is 651. The summed E-state index contributed by atoms with van der Waals surface area (Å²) in [6.07, 6.45) is 3.42. The standard InChI is InChI=1S/C12H8FN3S/c13-8-3-4-11-10(6-8)16-12(17-11)15-9-2-1-5-14-7-9/h1-7H,(H,15,16). The first-order valence-electron chi connectivity index (χ1n) is 5.04. The number of benzene rings is 1. The summed E-state index contributed by atoms with van der Waals surface area (Å²) in [5, 5.41) is 3.87. The highest BCUT2D eigenvalue weighted by Crippen LogP contribution is 2.28.